The lowest BCUT2D eigenvalue weighted by Gasteiger charge is -2.15. The topological polar surface area (TPSA) is 84.1 Å². The van der Waals surface area contributed by atoms with Crippen LogP contribution < -0.4 is 4.74 Å². The Labute approximate surface area is 190 Å². The standard InChI is InChI=1S/C22H25F2N5O3Si/c1-28-18-6-5-15(32-22(23)24)9-16(18)20(27-28)17-10-25-21-19(26-17)14(12-30)11-29(21)13-31-7-8-33(2,3)4/h5-6,9-12,22H,7-8,13H2,1-4H3. The van der Waals surface area contributed by atoms with E-state index in [1.165, 1.54) is 12.1 Å². The molecule has 0 spiro atoms. The van der Waals surface area contributed by atoms with Crippen molar-refractivity contribution in [1.82, 2.24) is 24.3 Å². The number of carbonyl (C=O) groups is 1. The number of ether oxygens (including phenoxy) is 2. The van der Waals surface area contributed by atoms with Gasteiger partial charge >= 0.3 is 6.61 Å². The number of carbonyl (C=O) groups excluding carboxylic acids is 1. The maximum atomic E-state index is 12.7. The molecule has 0 atom stereocenters. The zero-order chi connectivity index (χ0) is 23.8. The normalized spacial score (nSPS) is 12.2. The van der Waals surface area contributed by atoms with Crippen molar-refractivity contribution in [3.8, 4) is 17.1 Å². The van der Waals surface area contributed by atoms with Gasteiger partial charge in [0.15, 0.2) is 11.9 Å². The Bertz CT molecular complexity index is 1310. The Morgan fingerprint density at radius 1 is 1.24 bits per heavy atom. The number of aldehydes is 1. The smallest absolute Gasteiger partial charge is 0.387 e. The van der Waals surface area contributed by atoms with Crippen molar-refractivity contribution in [2.24, 2.45) is 7.05 Å². The molecule has 8 nitrogen and oxygen atoms in total. The number of benzene rings is 1. The molecule has 0 aliphatic carbocycles. The number of aryl methyl sites for hydroxylation is 1. The zero-order valence-electron chi connectivity index (χ0n) is 18.9. The van der Waals surface area contributed by atoms with Crippen molar-refractivity contribution < 1.29 is 23.0 Å². The minimum atomic E-state index is -2.93. The number of halogens is 2. The molecule has 0 radical (unpaired) electrons. The Balaban J connectivity index is 1.69. The van der Waals surface area contributed by atoms with Gasteiger partial charge in [-0.3, -0.25) is 9.48 Å². The number of hydrogen-bond donors (Lipinski definition) is 0. The lowest BCUT2D eigenvalue weighted by Crippen LogP contribution is -2.22. The molecule has 0 unspecified atom stereocenters. The lowest BCUT2D eigenvalue weighted by atomic mass is 10.1. The summed E-state index contributed by atoms with van der Waals surface area (Å²) < 4.78 is 39.1. The highest BCUT2D eigenvalue weighted by molar-refractivity contribution is 6.76. The lowest BCUT2D eigenvalue weighted by molar-refractivity contribution is -0.0497. The summed E-state index contributed by atoms with van der Waals surface area (Å²) in [7, 11) is 0.539. The first kappa shape index (κ1) is 23.0. The third kappa shape index (κ3) is 4.93. The van der Waals surface area contributed by atoms with Gasteiger partial charge in [0.2, 0.25) is 0 Å². The van der Waals surface area contributed by atoms with Gasteiger partial charge in [-0.2, -0.15) is 13.9 Å². The van der Waals surface area contributed by atoms with Crippen molar-refractivity contribution in [3.63, 3.8) is 0 Å². The van der Waals surface area contributed by atoms with E-state index in [-0.39, 0.29) is 12.5 Å². The molecule has 174 valence electrons. The molecule has 0 N–H and O–H groups in total. The molecule has 0 aliphatic rings. The van der Waals surface area contributed by atoms with Crippen molar-refractivity contribution in [1.29, 1.82) is 0 Å². The Kier molecular flexibility index (Phi) is 6.26. The van der Waals surface area contributed by atoms with E-state index in [1.54, 1.807) is 34.8 Å². The molecule has 0 saturated heterocycles. The van der Waals surface area contributed by atoms with E-state index in [2.05, 4.69) is 39.4 Å². The average Bonchev–Trinajstić information content (AvgIpc) is 3.27. The summed E-state index contributed by atoms with van der Waals surface area (Å²) in [6.45, 7) is 4.82. The van der Waals surface area contributed by atoms with Crippen molar-refractivity contribution in [2.75, 3.05) is 6.61 Å². The quantitative estimate of drug-likeness (QED) is 0.199. The minimum Gasteiger partial charge on any atom is -0.435 e. The molecule has 4 rings (SSSR count). The highest BCUT2D eigenvalue weighted by atomic mass is 28.3. The van der Waals surface area contributed by atoms with Crippen molar-refractivity contribution in [2.45, 2.75) is 39.0 Å². The molecular weight excluding hydrogens is 448 g/mol. The summed E-state index contributed by atoms with van der Waals surface area (Å²) in [4.78, 5) is 20.8. The van der Waals surface area contributed by atoms with Crippen LogP contribution in [-0.2, 0) is 18.5 Å². The average molecular weight is 474 g/mol. The highest BCUT2D eigenvalue weighted by Gasteiger charge is 2.18. The molecule has 0 saturated carbocycles. The third-order valence-electron chi connectivity index (χ3n) is 5.24. The molecule has 4 aromatic rings. The molecule has 0 aliphatic heterocycles. The fourth-order valence-electron chi connectivity index (χ4n) is 3.53. The first-order valence-corrected chi connectivity index (χ1v) is 14.2. The molecule has 0 amide bonds. The number of fused-ring (bicyclic) bond motifs is 2. The maximum absolute atomic E-state index is 12.7. The second-order valence-corrected chi connectivity index (χ2v) is 14.6. The van der Waals surface area contributed by atoms with Crippen LogP contribution in [0.1, 0.15) is 10.4 Å². The van der Waals surface area contributed by atoms with E-state index in [1.807, 2.05) is 0 Å². The number of aromatic nitrogens is 5. The van der Waals surface area contributed by atoms with E-state index in [0.717, 1.165) is 17.8 Å². The maximum Gasteiger partial charge on any atom is 0.387 e. The van der Waals surface area contributed by atoms with Gasteiger partial charge in [-0.15, -0.1) is 0 Å². The van der Waals surface area contributed by atoms with Crippen molar-refractivity contribution in [3.05, 3.63) is 36.2 Å². The van der Waals surface area contributed by atoms with Crippen LogP contribution in [0.5, 0.6) is 5.75 Å². The van der Waals surface area contributed by atoms with Crippen LogP contribution in [0.25, 0.3) is 33.5 Å². The predicted molar refractivity (Wildman–Crippen MR) is 123 cm³/mol. The molecule has 1 aromatic carbocycles. The first-order valence-electron chi connectivity index (χ1n) is 10.5. The largest absolute Gasteiger partial charge is 0.435 e. The van der Waals surface area contributed by atoms with E-state index in [9.17, 15) is 13.6 Å². The fraction of sp³-hybridized carbons (Fsp3) is 0.364. The summed E-state index contributed by atoms with van der Waals surface area (Å²) in [6.07, 6.45) is 3.95. The fourth-order valence-corrected chi connectivity index (χ4v) is 4.28. The van der Waals surface area contributed by atoms with Crippen LogP contribution in [-0.4, -0.2) is 51.9 Å². The summed E-state index contributed by atoms with van der Waals surface area (Å²) in [5.41, 5.74) is 2.93. The monoisotopic (exact) mass is 473 g/mol. The Morgan fingerprint density at radius 3 is 2.73 bits per heavy atom. The van der Waals surface area contributed by atoms with Crippen LogP contribution in [0.3, 0.4) is 0 Å². The minimum absolute atomic E-state index is 0.0241. The van der Waals surface area contributed by atoms with Crippen LogP contribution in [0.2, 0.25) is 25.7 Å². The van der Waals surface area contributed by atoms with Crippen LogP contribution in [0.4, 0.5) is 8.78 Å². The van der Waals surface area contributed by atoms with Gasteiger partial charge in [0.1, 0.15) is 29.4 Å². The number of alkyl halides is 2. The first-order chi connectivity index (χ1) is 15.7. The van der Waals surface area contributed by atoms with Gasteiger partial charge < -0.3 is 14.0 Å². The molecule has 3 aromatic heterocycles. The summed E-state index contributed by atoms with van der Waals surface area (Å²) in [5.74, 6) is 0.0241. The molecule has 0 bridgehead atoms. The van der Waals surface area contributed by atoms with Gasteiger partial charge in [0.25, 0.3) is 0 Å². The second kappa shape index (κ2) is 8.98. The Morgan fingerprint density at radius 2 is 2.03 bits per heavy atom. The molecule has 33 heavy (non-hydrogen) atoms. The number of hydrogen-bond acceptors (Lipinski definition) is 6. The number of nitrogens with zero attached hydrogens (tertiary/aromatic N) is 5. The second-order valence-electron chi connectivity index (χ2n) is 8.98. The van der Waals surface area contributed by atoms with E-state index >= 15 is 0 Å². The van der Waals surface area contributed by atoms with Gasteiger partial charge in [-0.25, -0.2) is 9.97 Å². The van der Waals surface area contributed by atoms with Crippen LogP contribution in [0, 0.1) is 0 Å². The van der Waals surface area contributed by atoms with E-state index in [0.29, 0.717) is 40.1 Å². The van der Waals surface area contributed by atoms with Gasteiger partial charge in [0.05, 0.1) is 17.3 Å². The molecule has 0 fully saturated rings. The zero-order valence-corrected chi connectivity index (χ0v) is 19.9. The summed E-state index contributed by atoms with van der Waals surface area (Å²) in [6, 6.07) is 5.64. The molecular formula is C22H25F2N5O3Si. The van der Waals surface area contributed by atoms with E-state index < -0.39 is 14.7 Å². The van der Waals surface area contributed by atoms with Gasteiger partial charge in [0, 0.05) is 33.3 Å². The number of rotatable bonds is 9. The third-order valence-corrected chi connectivity index (χ3v) is 6.94. The van der Waals surface area contributed by atoms with Gasteiger partial charge in [-0.1, -0.05) is 19.6 Å². The van der Waals surface area contributed by atoms with Crippen LogP contribution >= 0.6 is 0 Å². The SMILES string of the molecule is Cn1nc(-c2cnc3c(n2)c(C=O)cn3COCC[Si](C)(C)C)c2cc(OC(F)F)ccc21. The van der Waals surface area contributed by atoms with Gasteiger partial charge in [-0.05, 0) is 24.2 Å². The predicted octanol–water partition coefficient (Wildman–Crippen LogP) is 4.71. The summed E-state index contributed by atoms with van der Waals surface area (Å²) >= 11 is 0. The van der Waals surface area contributed by atoms with Crippen LogP contribution in [0.15, 0.2) is 30.6 Å². The summed E-state index contributed by atoms with van der Waals surface area (Å²) in [5, 5.41) is 5.08. The molecule has 11 heteroatoms. The van der Waals surface area contributed by atoms with Crippen molar-refractivity contribution >= 4 is 36.4 Å². The highest BCUT2D eigenvalue weighted by Crippen LogP contribution is 2.31. The molecule has 3 heterocycles. The Hall–Kier alpha value is -3.18. The van der Waals surface area contributed by atoms with E-state index in [4.69, 9.17) is 4.74 Å².